The quantitative estimate of drug-likeness (QED) is 0.635. The smallest absolute Gasteiger partial charge is 0.158 e. The number of rotatable bonds is 4. The Morgan fingerprint density at radius 1 is 1.47 bits per heavy atom. The summed E-state index contributed by atoms with van der Waals surface area (Å²) in [4.78, 5) is 11.8. The van der Waals surface area contributed by atoms with Crippen LogP contribution in [0.2, 0.25) is 0 Å². The highest BCUT2D eigenvalue weighted by Crippen LogP contribution is 2.46. The van der Waals surface area contributed by atoms with Crippen LogP contribution in [0.15, 0.2) is 12.2 Å². The van der Waals surface area contributed by atoms with E-state index < -0.39 is 0 Å². The van der Waals surface area contributed by atoms with Crippen molar-refractivity contribution in [3.8, 4) is 0 Å². The van der Waals surface area contributed by atoms with Crippen molar-refractivity contribution in [3.05, 3.63) is 12.2 Å². The van der Waals surface area contributed by atoms with Gasteiger partial charge in [0, 0.05) is 6.42 Å². The van der Waals surface area contributed by atoms with Gasteiger partial charge in [0.15, 0.2) is 5.78 Å². The van der Waals surface area contributed by atoms with Crippen molar-refractivity contribution in [1.29, 1.82) is 0 Å². The minimum absolute atomic E-state index is 0.272. The molecule has 0 N–H and O–H groups in total. The van der Waals surface area contributed by atoms with Crippen LogP contribution in [0, 0.1) is 11.3 Å². The molecule has 1 nitrogen and oxygen atoms in total. The van der Waals surface area contributed by atoms with Gasteiger partial charge in [-0.3, -0.25) is 4.79 Å². The molecule has 0 bridgehead atoms. The third-order valence-electron chi connectivity index (χ3n) is 4.08. The number of carbonyl (C=O) groups excluding carboxylic acids is 1. The first-order valence-corrected chi connectivity index (χ1v) is 6.23. The minimum Gasteiger partial charge on any atom is -0.295 e. The number of Topliss-reactive ketones (excluding diaryl/α,β-unsaturated/α-hetero) is 1. The fourth-order valence-corrected chi connectivity index (χ4v) is 2.60. The van der Waals surface area contributed by atoms with E-state index in [0.717, 1.165) is 24.8 Å². The third kappa shape index (κ3) is 2.70. The molecule has 1 unspecified atom stereocenters. The van der Waals surface area contributed by atoms with Crippen molar-refractivity contribution in [1.82, 2.24) is 0 Å². The molecular weight excluding hydrogens is 184 g/mol. The van der Waals surface area contributed by atoms with Gasteiger partial charge in [-0.1, -0.05) is 40.2 Å². The number of carbonyl (C=O) groups is 1. The van der Waals surface area contributed by atoms with E-state index in [-0.39, 0.29) is 5.41 Å². The summed E-state index contributed by atoms with van der Waals surface area (Å²) in [5.41, 5.74) is 1.12. The van der Waals surface area contributed by atoms with E-state index in [4.69, 9.17) is 0 Å². The summed E-state index contributed by atoms with van der Waals surface area (Å²) in [6, 6.07) is 0. The van der Waals surface area contributed by atoms with Gasteiger partial charge in [0.1, 0.15) is 0 Å². The highest BCUT2D eigenvalue weighted by Gasteiger charge is 2.38. The van der Waals surface area contributed by atoms with E-state index in [2.05, 4.69) is 27.4 Å². The molecular formula is C14H24O. The Bertz CT molecular complexity index is 252. The normalized spacial score (nSPS) is 27.5. The van der Waals surface area contributed by atoms with Crippen LogP contribution >= 0.6 is 0 Å². The molecule has 0 amide bonds. The van der Waals surface area contributed by atoms with Crippen LogP contribution in [-0.4, -0.2) is 5.78 Å². The zero-order chi connectivity index (χ0) is 11.5. The number of ketones is 1. The van der Waals surface area contributed by atoms with Crippen LogP contribution in [0.5, 0.6) is 0 Å². The molecule has 1 rings (SSSR count). The van der Waals surface area contributed by atoms with Gasteiger partial charge in [0.05, 0.1) is 0 Å². The Hall–Kier alpha value is -0.590. The van der Waals surface area contributed by atoms with Crippen molar-refractivity contribution in [2.75, 3.05) is 0 Å². The lowest BCUT2D eigenvalue weighted by Gasteiger charge is -2.41. The molecule has 0 heterocycles. The van der Waals surface area contributed by atoms with Gasteiger partial charge in [-0.2, -0.15) is 0 Å². The van der Waals surface area contributed by atoms with Gasteiger partial charge in [-0.15, -0.1) is 0 Å². The van der Waals surface area contributed by atoms with Gasteiger partial charge >= 0.3 is 0 Å². The van der Waals surface area contributed by atoms with Crippen molar-refractivity contribution < 1.29 is 4.79 Å². The van der Waals surface area contributed by atoms with Gasteiger partial charge < -0.3 is 0 Å². The topological polar surface area (TPSA) is 17.1 Å². The zero-order valence-corrected chi connectivity index (χ0v) is 10.4. The van der Waals surface area contributed by atoms with E-state index >= 15 is 0 Å². The van der Waals surface area contributed by atoms with E-state index in [0.29, 0.717) is 11.7 Å². The van der Waals surface area contributed by atoms with Gasteiger partial charge in [0.25, 0.3) is 0 Å². The Labute approximate surface area is 93.9 Å². The summed E-state index contributed by atoms with van der Waals surface area (Å²) in [5, 5.41) is 0. The second-order valence-corrected chi connectivity index (χ2v) is 5.32. The van der Waals surface area contributed by atoms with E-state index in [1.165, 1.54) is 19.3 Å². The van der Waals surface area contributed by atoms with E-state index in [1.54, 1.807) is 0 Å². The van der Waals surface area contributed by atoms with Crippen LogP contribution in [0.1, 0.15) is 59.3 Å². The first-order valence-electron chi connectivity index (χ1n) is 6.23. The Morgan fingerprint density at radius 3 is 2.60 bits per heavy atom. The largest absolute Gasteiger partial charge is 0.295 e. The lowest BCUT2D eigenvalue weighted by molar-refractivity contribution is -0.120. The Kier molecular flexibility index (Phi) is 4.12. The molecule has 0 saturated heterocycles. The number of hydrogen-bond acceptors (Lipinski definition) is 1. The standard InChI is InChI=1S/C14H24O/c1-5-6-8-14(11(2)3)9-7-12(4)13(15)10-14/h11H,4-10H2,1-3H3. The van der Waals surface area contributed by atoms with Crippen LogP contribution in [0.4, 0.5) is 0 Å². The maximum atomic E-state index is 11.8. The van der Waals surface area contributed by atoms with Crippen molar-refractivity contribution in [3.63, 3.8) is 0 Å². The molecule has 1 saturated carbocycles. The average Bonchev–Trinajstić information content (AvgIpc) is 2.20. The summed E-state index contributed by atoms with van der Waals surface area (Å²) in [6.45, 7) is 10.6. The van der Waals surface area contributed by atoms with Crippen LogP contribution in [0.3, 0.4) is 0 Å². The number of allylic oxidation sites excluding steroid dienone is 1. The number of unbranched alkanes of at least 4 members (excludes halogenated alkanes) is 1. The monoisotopic (exact) mass is 208 g/mol. The molecule has 0 aliphatic heterocycles. The predicted molar refractivity (Wildman–Crippen MR) is 64.8 cm³/mol. The molecule has 1 aliphatic rings. The van der Waals surface area contributed by atoms with Gasteiger partial charge in [-0.05, 0) is 36.2 Å². The Balaban J connectivity index is 2.74. The van der Waals surface area contributed by atoms with E-state index in [9.17, 15) is 4.79 Å². The summed E-state index contributed by atoms with van der Waals surface area (Å²) in [5.74, 6) is 0.923. The van der Waals surface area contributed by atoms with Crippen molar-refractivity contribution in [2.24, 2.45) is 11.3 Å². The molecule has 0 aromatic heterocycles. The predicted octanol–water partition coefficient (Wildman–Crippen LogP) is 4.13. The fourth-order valence-electron chi connectivity index (χ4n) is 2.60. The Morgan fingerprint density at radius 2 is 2.13 bits per heavy atom. The fraction of sp³-hybridized carbons (Fsp3) is 0.786. The second kappa shape index (κ2) is 4.96. The van der Waals surface area contributed by atoms with Crippen LogP contribution in [0.25, 0.3) is 0 Å². The summed E-state index contributed by atoms with van der Waals surface area (Å²) < 4.78 is 0. The molecule has 15 heavy (non-hydrogen) atoms. The molecule has 0 aromatic carbocycles. The first-order chi connectivity index (χ1) is 7.02. The minimum atomic E-state index is 0.272. The van der Waals surface area contributed by atoms with Gasteiger partial charge in [-0.25, -0.2) is 0 Å². The lowest BCUT2D eigenvalue weighted by atomic mass is 9.63. The van der Waals surface area contributed by atoms with E-state index in [1.807, 2.05) is 0 Å². The maximum absolute atomic E-state index is 11.8. The SMILES string of the molecule is C=C1CCC(CCCC)(C(C)C)CC1=O. The lowest BCUT2D eigenvalue weighted by Crippen LogP contribution is -2.34. The second-order valence-electron chi connectivity index (χ2n) is 5.32. The summed E-state index contributed by atoms with van der Waals surface area (Å²) >= 11 is 0. The highest BCUT2D eigenvalue weighted by molar-refractivity contribution is 5.96. The molecule has 0 aromatic rings. The molecule has 0 spiro atoms. The van der Waals surface area contributed by atoms with Gasteiger partial charge in [0.2, 0.25) is 0 Å². The van der Waals surface area contributed by atoms with Crippen molar-refractivity contribution in [2.45, 2.75) is 59.3 Å². The summed E-state index contributed by atoms with van der Waals surface area (Å²) in [7, 11) is 0. The number of hydrogen-bond donors (Lipinski definition) is 0. The molecule has 1 heteroatoms. The average molecular weight is 208 g/mol. The highest BCUT2D eigenvalue weighted by atomic mass is 16.1. The zero-order valence-electron chi connectivity index (χ0n) is 10.4. The van der Waals surface area contributed by atoms with Crippen LogP contribution < -0.4 is 0 Å². The van der Waals surface area contributed by atoms with Crippen molar-refractivity contribution >= 4 is 5.78 Å². The van der Waals surface area contributed by atoms with Crippen LogP contribution in [-0.2, 0) is 4.79 Å². The molecule has 86 valence electrons. The molecule has 0 radical (unpaired) electrons. The molecule has 1 fully saturated rings. The molecule has 1 aliphatic carbocycles. The first kappa shape index (κ1) is 12.5. The summed E-state index contributed by atoms with van der Waals surface area (Å²) in [6.07, 6.45) is 6.50. The third-order valence-corrected chi connectivity index (χ3v) is 4.08. The maximum Gasteiger partial charge on any atom is 0.158 e. The molecule has 1 atom stereocenters.